The zero-order valence-corrected chi connectivity index (χ0v) is 8.88. The molecule has 0 aliphatic heterocycles. The van der Waals surface area contributed by atoms with Gasteiger partial charge in [-0.25, -0.2) is 13.2 Å². The first-order valence-corrected chi connectivity index (χ1v) is 5.10. The van der Waals surface area contributed by atoms with Crippen molar-refractivity contribution in [1.82, 2.24) is 0 Å². The summed E-state index contributed by atoms with van der Waals surface area (Å²) in [5, 5.41) is 2.72. The molecule has 0 atom stereocenters. The SMILES string of the molecule is Fc1ccc(NCc2ccccc2)c(F)c1F. The van der Waals surface area contributed by atoms with Crippen molar-refractivity contribution in [2.75, 3.05) is 5.32 Å². The van der Waals surface area contributed by atoms with Crippen LogP contribution in [0.3, 0.4) is 0 Å². The van der Waals surface area contributed by atoms with Gasteiger partial charge in [-0.2, -0.15) is 0 Å². The summed E-state index contributed by atoms with van der Waals surface area (Å²) < 4.78 is 38.9. The van der Waals surface area contributed by atoms with Crippen LogP contribution in [0.2, 0.25) is 0 Å². The fourth-order valence-electron chi connectivity index (χ4n) is 1.46. The molecular weight excluding hydrogens is 227 g/mol. The van der Waals surface area contributed by atoms with Crippen LogP contribution in [0, 0.1) is 17.5 Å². The molecule has 0 spiro atoms. The van der Waals surface area contributed by atoms with E-state index in [1.165, 1.54) is 6.07 Å². The first kappa shape index (κ1) is 11.5. The van der Waals surface area contributed by atoms with Gasteiger partial charge < -0.3 is 5.32 Å². The van der Waals surface area contributed by atoms with Crippen molar-refractivity contribution in [2.24, 2.45) is 0 Å². The van der Waals surface area contributed by atoms with Crippen molar-refractivity contribution in [3.05, 3.63) is 65.5 Å². The van der Waals surface area contributed by atoms with E-state index in [0.29, 0.717) is 6.54 Å². The summed E-state index contributed by atoms with van der Waals surface area (Å²) in [7, 11) is 0. The molecule has 4 heteroatoms. The zero-order chi connectivity index (χ0) is 12.3. The molecule has 0 aromatic heterocycles. The Balaban J connectivity index is 2.13. The third-order valence-corrected chi connectivity index (χ3v) is 2.36. The lowest BCUT2D eigenvalue weighted by Crippen LogP contribution is -2.03. The van der Waals surface area contributed by atoms with Crippen molar-refractivity contribution < 1.29 is 13.2 Å². The highest BCUT2D eigenvalue weighted by Gasteiger charge is 2.12. The molecular formula is C13H10F3N. The lowest BCUT2D eigenvalue weighted by atomic mass is 10.2. The number of nitrogens with one attached hydrogen (secondary N) is 1. The molecule has 0 aliphatic carbocycles. The minimum atomic E-state index is -1.46. The normalized spacial score (nSPS) is 10.3. The second-order valence-corrected chi connectivity index (χ2v) is 3.56. The number of benzene rings is 2. The molecule has 2 rings (SSSR count). The Bertz CT molecular complexity index is 512. The van der Waals surface area contributed by atoms with Crippen molar-refractivity contribution in [3.63, 3.8) is 0 Å². The summed E-state index contributed by atoms with van der Waals surface area (Å²) in [5.74, 6) is -3.84. The summed E-state index contributed by atoms with van der Waals surface area (Å²) in [6, 6.07) is 11.3. The van der Waals surface area contributed by atoms with Crippen molar-refractivity contribution in [2.45, 2.75) is 6.54 Å². The van der Waals surface area contributed by atoms with Crippen LogP contribution in [-0.2, 0) is 6.54 Å². The topological polar surface area (TPSA) is 12.0 Å². The van der Waals surface area contributed by atoms with E-state index in [-0.39, 0.29) is 5.69 Å². The van der Waals surface area contributed by atoms with E-state index < -0.39 is 17.5 Å². The highest BCUT2D eigenvalue weighted by Crippen LogP contribution is 2.20. The molecule has 1 N–H and O–H groups in total. The Morgan fingerprint density at radius 3 is 2.24 bits per heavy atom. The van der Waals surface area contributed by atoms with Gasteiger partial charge >= 0.3 is 0 Å². The summed E-state index contributed by atoms with van der Waals surface area (Å²) in [5.41, 5.74) is 0.879. The average Bonchev–Trinajstić information content (AvgIpc) is 2.36. The Labute approximate surface area is 96.9 Å². The third kappa shape index (κ3) is 2.58. The summed E-state index contributed by atoms with van der Waals surface area (Å²) >= 11 is 0. The molecule has 0 saturated carbocycles. The Kier molecular flexibility index (Phi) is 3.32. The molecule has 0 amide bonds. The largest absolute Gasteiger partial charge is 0.379 e. The van der Waals surface area contributed by atoms with Gasteiger partial charge in [-0.1, -0.05) is 30.3 Å². The third-order valence-electron chi connectivity index (χ3n) is 2.36. The molecule has 2 aromatic rings. The molecule has 2 aromatic carbocycles. The minimum Gasteiger partial charge on any atom is -0.379 e. The van der Waals surface area contributed by atoms with Gasteiger partial charge in [0, 0.05) is 6.54 Å². The van der Waals surface area contributed by atoms with Crippen molar-refractivity contribution >= 4 is 5.69 Å². The highest BCUT2D eigenvalue weighted by molar-refractivity contribution is 5.45. The van der Waals surface area contributed by atoms with Crippen LogP contribution in [0.4, 0.5) is 18.9 Å². The first-order chi connectivity index (χ1) is 8.18. The maximum atomic E-state index is 13.3. The maximum absolute atomic E-state index is 13.3. The second kappa shape index (κ2) is 4.91. The van der Waals surface area contributed by atoms with Crippen LogP contribution in [0.15, 0.2) is 42.5 Å². The fourth-order valence-corrected chi connectivity index (χ4v) is 1.46. The molecule has 88 valence electrons. The molecule has 0 fully saturated rings. The van der Waals surface area contributed by atoms with E-state index >= 15 is 0 Å². The van der Waals surface area contributed by atoms with Gasteiger partial charge in [0.05, 0.1) is 5.69 Å². The van der Waals surface area contributed by atoms with Gasteiger partial charge in [-0.05, 0) is 17.7 Å². The summed E-state index contributed by atoms with van der Waals surface area (Å²) in [4.78, 5) is 0. The predicted octanol–water partition coefficient (Wildman–Crippen LogP) is 3.72. The molecule has 0 saturated heterocycles. The standard InChI is InChI=1S/C13H10F3N/c14-10-6-7-11(13(16)12(10)15)17-8-9-4-2-1-3-5-9/h1-7,17H,8H2. The van der Waals surface area contributed by atoms with Crippen LogP contribution in [0.5, 0.6) is 0 Å². The van der Waals surface area contributed by atoms with Gasteiger partial charge in [0.25, 0.3) is 0 Å². The van der Waals surface area contributed by atoms with Crippen LogP contribution in [0.25, 0.3) is 0 Å². The molecule has 0 radical (unpaired) electrons. The van der Waals surface area contributed by atoms with E-state index in [9.17, 15) is 13.2 Å². The van der Waals surface area contributed by atoms with Gasteiger partial charge in [0.1, 0.15) is 0 Å². The highest BCUT2D eigenvalue weighted by atomic mass is 19.2. The molecule has 17 heavy (non-hydrogen) atoms. The second-order valence-electron chi connectivity index (χ2n) is 3.56. The lowest BCUT2D eigenvalue weighted by Gasteiger charge is -2.08. The molecule has 0 bridgehead atoms. The average molecular weight is 237 g/mol. The maximum Gasteiger partial charge on any atom is 0.196 e. The van der Waals surface area contributed by atoms with Crippen LogP contribution in [-0.4, -0.2) is 0 Å². The van der Waals surface area contributed by atoms with Crippen LogP contribution >= 0.6 is 0 Å². The lowest BCUT2D eigenvalue weighted by molar-refractivity contribution is 0.449. The fraction of sp³-hybridized carbons (Fsp3) is 0.0769. The van der Waals surface area contributed by atoms with E-state index in [1.807, 2.05) is 30.3 Å². The van der Waals surface area contributed by atoms with Gasteiger partial charge in [-0.3, -0.25) is 0 Å². The van der Waals surface area contributed by atoms with Crippen molar-refractivity contribution in [3.8, 4) is 0 Å². The summed E-state index contributed by atoms with van der Waals surface area (Å²) in [6.07, 6.45) is 0. The summed E-state index contributed by atoms with van der Waals surface area (Å²) in [6.45, 7) is 0.350. The number of hydrogen-bond donors (Lipinski definition) is 1. The number of halogens is 3. The minimum absolute atomic E-state index is 0.0484. The zero-order valence-electron chi connectivity index (χ0n) is 8.88. The van der Waals surface area contributed by atoms with E-state index in [0.717, 1.165) is 11.6 Å². The number of hydrogen-bond acceptors (Lipinski definition) is 1. The van der Waals surface area contributed by atoms with Gasteiger partial charge in [-0.15, -0.1) is 0 Å². The van der Waals surface area contributed by atoms with Crippen LogP contribution in [0.1, 0.15) is 5.56 Å². The molecule has 1 nitrogen and oxygen atoms in total. The van der Waals surface area contributed by atoms with E-state index in [2.05, 4.69) is 5.32 Å². The first-order valence-electron chi connectivity index (χ1n) is 5.10. The monoisotopic (exact) mass is 237 g/mol. The van der Waals surface area contributed by atoms with E-state index in [4.69, 9.17) is 0 Å². The Morgan fingerprint density at radius 1 is 0.824 bits per heavy atom. The smallest absolute Gasteiger partial charge is 0.196 e. The number of anilines is 1. The number of rotatable bonds is 3. The van der Waals surface area contributed by atoms with Crippen molar-refractivity contribution in [1.29, 1.82) is 0 Å². The Hall–Kier alpha value is -1.97. The van der Waals surface area contributed by atoms with E-state index in [1.54, 1.807) is 0 Å². The van der Waals surface area contributed by atoms with Crippen LogP contribution < -0.4 is 5.32 Å². The quantitative estimate of drug-likeness (QED) is 0.802. The van der Waals surface area contributed by atoms with Gasteiger partial charge in [0.15, 0.2) is 17.5 Å². The molecule has 0 heterocycles. The molecule has 0 unspecified atom stereocenters. The molecule has 0 aliphatic rings. The Morgan fingerprint density at radius 2 is 1.53 bits per heavy atom. The predicted molar refractivity (Wildman–Crippen MR) is 60.1 cm³/mol. The van der Waals surface area contributed by atoms with Gasteiger partial charge in [0.2, 0.25) is 0 Å².